The zero-order valence-electron chi connectivity index (χ0n) is 45.7. The van der Waals surface area contributed by atoms with Crippen LogP contribution in [0.3, 0.4) is 0 Å². The second-order valence-corrected chi connectivity index (χ2v) is 28.4. The molecule has 0 atom stereocenters. The topological polar surface area (TPSA) is 19.6 Å². The molecule has 2 aliphatic heterocycles. The average molecular weight is 929 g/mol. The maximum Gasteiger partial charge on any atom is 0.297 e. The molecule has 70 heavy (non-hydrogen) atoms. The van der Waals surface area contributed by atoms with Crippen LogP contribution in [-0.2, 0) is 37.9 Å². The Morgan fingerprint density at radius 1 is 0.486 bits per heavy atom. The van der Waals surface area contributed by atoms with Crippen molar-refractivity contribution in [3.63, 3.8) is 0 Å². The minimum Gasteiger partial charge on any atom is -0.468 e. The summed E-state index contributed by atoms with van der Waals surface area (Å²) in [4.78, 5) is 5.47. The van der Waals surface area contributed by atoms with Gasteiger partial charge in [-0.25, -0.2) is 0 Å². The van der Waals surface area contributed by atoms with E-state index in [9.17, 15) is 0 Å². The predicted molar refractivity (Wildman–Crippen MR) is 301 cm³/mol. The number of furan rings is 1. The Kier molecular flexibility index (Phi) is 9.90. The van der Waals surface area contributed by atoms with E-state index in [2.05, 4.69) is 193 Å². The lowest BCUT2D eigenvalue weighted by Crippen LogP contribution is -2.61. The molecule has 6 aromatic rings. The summed E-state index contributed by atoms with van der Waals surface area (Å²) >= 11 is 0. The van der Waals surface area contributed by atoms with Crippen LogP contribution in [-0.4, -0.2) is 6.71 Å². The number of fused-ring (bicyclic) bond motifs is 9. The summed E-state index contributed by atoms with van der Waals surface area (Å²) < 4.78 is 7.59. The van der Waals surface area contributed by atoms with Crippen LogP contribution in [0.1, 0.15) is 225 Å². The average Bonchev–Trinajstić information content (AvgIpc) is 3.69. The first-order valence-corrected chi connectivity index (χ1v) is 27.6. The fourth-order valence-corrected chi connectivity index (χ4v) is 14.7. The molecular formula is C66H81BN2O. The van der Waals surface area contributed by atoms with E-state index in [1.165, 1.54) is 166 Å². The standard InChI is InChI=1S/C66H81BN2O/c1-60(2,3)42-21-26-56-45(35-42)58-59(70-56)67-52-38-50-51(66(14,15)32-31-65(50,12)13)39-53(52)68(43-22-24-46-48(36-43)63(8,9)29-27-61(46,4)5)54-33-41(40-19-17-16-18-20-40)34-55(57(54)67)69(58)44-23-25-47-49(37-44)64(10,11)30-28-62(47,6)7/h21-26,33-40H,16-20,27-32H2,1-15H3. The van der Waals surface area contributed by atoms with Crippen LogP contribution in [0.25, 0.3) is 11.0 Å². The second-order valence-electron chi connectivity index (χ2n) is 28.4. The Bertz CT molecular complexity index is 3160. The van der Waals surface area contributed by atoms with Gasteiger partial charge in [0.25, 0.3) is 6.71 Å². The maximum atomic E-state index is 7.59. The van der Waals surface area contributed by atoms with Crippen LogP contribution >= 0.6 is 0 Å². The molecule has 4 aliphatic carbocycles. The zero-order chi connectivity index (χ0) is 49.5. The molecule has 12 rings (SSSR count). The number of nitrogens with zero attached hydrogens (tertiary/aromatic N) is 2. The van der Waals surface area contributed by atoms with Gasteiger partial charge in [-0.1, -0.05) is 147 Å². The largest absolute Gasteiger partial charge is 0.468 e. The number of hydrogen-bond donors (Lipinski definition) is 0. The lowest BCUT2D eigenvalue weighted by atomic mass is 9.35. The van der Waals surface area contributed by atoms with Crippen molar-refractivity contribution in [2.24, 2.45) is 0 Å². The molecule has 1 aromatic heterocycles. The summed E-state index contributed by atoms with van der Waals surface area (Å²) in [5.41, 5.74) is 24.9. The van der Waals surface area contributed by atoms with Crippen molar-refractivity contribution in [2.45, 2.75) is 218 Å². The van der Waals surface area contributed by atoms with Crippen LogP contribution in [0, 0.1) is 0 Å². The summed E-state index contributed by atoms with van der Waals surface area (Å²) in [6.45, 7) is 36.8. The van der Waals surface area contributed by atoms with Crippen molar-refractivity contribution in [2.75, 3.05) is 9.80 Å². The van der Waals surface area contributed by atoms with Crippen molar-refractivity contribution in [3.05, 3.63) is 123 Å². The minimum absolute atomic E-state index is 0.0213. The van der Waals surface area contributed by atoms with Crippen molar-refractivity contribution < 1.29 is 4.42 Å². The molecule has 364 valence electrons. The fourth-order valence-electron chi connectivity index (χ4n) is 14.7. The lowest BCUT2D eigenvalue weighted by Gasteiger charge is -2.47. The van der Waals surface area contributed by atoms with Crippen LogP contribution in [0.4, 0.5) is 34.1 Å². The van der Waals surface area contributed by atoms with E-state index in [-0.39, 0.29) is 44.6 Å². The number of rotatable bonds is 3. The molecule has 0 unspecified atom stereocenters. The van der Waals surface area contributed by atoms with Gasteiger partial charge in [0.2, 0.25) is 0 Å². The van der Waals surface area contributed by atoms with Crippen LogP contribution in [0.5, 0.6) is 0 Å². The molecule has 0 N–H and O–H groups in total. The first-order chi connectivity index (χ1) is 32.8. The van der Waals surface area contributed by atoms with Gasteiger partial charge in [-0.15, -0.1) is 0 Å². The summed E-state index contributed by atoms with van der Waals surface area (Å²) in [7, 11) is 0. The van der Waals surface area contributed by atoms with E-state index in [1.54, 1.807) is 0 Å². The maximum absolute atomic E-state index is 7.59. The molecule has 5 aromatic carbocycles. The highest BCUT2D eigenvalue weighted by Gasteiger charge is 2.50. The normalized spacial score (nSPS) is 22.1. The number of hydrogen-bond acceptors (Lipinski definition) is 3. The van der Waals surface area contributed by atoms with Crippen LogP contribution in [0.2, 0.25) is 0 Å². The summed E-state index contributed by atoms with van der Waals surface area (Å²) in [6.07, 6.45) is 13.5. The van der Waals surface area contributed by atoms with E-state index >= 15 is 0 Å². The third kappa shape index (κ3) is 6.86. The Balaban J connectivity index is 1.23. The zero-order valence-corrected chi connectivity index (χ0v) is 45.7. The number of benzene rings is 5. The van der Waals surface area contributed by atoms with Gasteiger partial charge in [-0.05, 0) is 205 Å². The Hall–Kier alpha value is -4.70. The Labute approximate surface area is 422 Å². The van der Waals surface area contributed by atoms with Gasteiger partial charge < -0.3 is 14.2 Å². The third-order valence-electron chi connectivity index (χ3n) is 19.8. The van der Waals surface area contributed by atoms with E-state index in [4.69, 9.17) is 4.42 Å². The summed E-state index contributed by atoms with van der Waals surface area (Å²) in [5.74, 6) is 0.517. The molecule has 6 aliphatic rings. The monoisotopic (exact) mass is 929 g/mol. The van der Waals surface area contributed by atoms with Gasteiger partial charge in [0.05, 0.1) is 11.3 Å². The molecular weight excluding hydrogens is 848 g/mol. The lowest BCUT2D eigenvalue weighted by molar-refractivity contribution is 0.332. The van der Waals surface area contributed by atoms with E-state index in [1.807, 2.05) is 0 Å². The molecule has 3 nitrogen and oxygen atoms in total. The second kappa shape index (κ2) is 14.9. The van der Waals surface area contributed by atoms with Gasteiger partial charge in [0.1, 0.15) is 5.58 Å². The molecule has 0 bridgehead atoms. The van der Waals surface area contributed by atoms with E-state index in [0.29, 0.717) is 5.92 Å². The molecule has 1 fully saturated rings. The minimum atomic E-state index is -0.0828. The predicted octanol–water partition coefficient (Wildman–Crippen LogP) is 16.9. The van der Waals surface area contributed by atoms with Gasteiger partial charge in [0, 0.05) is 33.8 Å². The van der Waals surface area contributed by atoms with E-state index in [0.717, 1.165) is 11.2 Å². The highest BCUT2D eigenvalue weighted by Crippen LogP contribution is 2.55. The van der Waals surface area contributed by atoms with Crippen LogP contribution in [0.15, 0.2) is 83.3 Å². The van der Waals surface area contributed by atoms with Crippen LogP contribution < -0.4 is 26.4 Å². The van der Waals surface area contributed by atoms with Crippen molar-refractivity contribution in [3.8, 4) is 0 Å². The van der Waals surface area contributed by atoms with Crippen molar-refractivity contribution in [1.29, 1.82) is 0 Å². The summed E-state index contributed by atoms with van der Waals surface area (Å²) in [6, 6.07) is 33.0. The molecule has 0 amide bonds. The first-order valence-electron chi connectivity index (χ1n) is 27.6. The fraction of sp³-hybridized carbons (Fsp3) is 0.515. The number of anilines is 6. The highest BCUT2D eigenvalue weighted by atomic mass is 16.3. The molecule has 0 spiro atoms. The Morgan fingerprint density at radius 2 is 0.957 bits per heavy atom. The molecule has 1 saturated carbocycles. The quantitative estimate of drug-likeness (QED) is 0.165. The van der Waals surface area contributed by atoms with Gasteiger partial charge >= 0.3 is 0 Å². The molecule has 4 heteroatoms. The highest BCUT2D eigenvalue weighted by molar-refractivity contribution is 7.00. The molecule has 3 heterocycles. The molecule has 0 radical (unpaired) electrons. The van der Waals surface area contributed by atoms with Gasteiger partial charge in [-0.3, -0.25) is 0 Å². The van der Waals surface area contributed by atoms with E-state index < -0.39 is 0 Å². The first kappa shape index (κ1) is 46.4. The third-order valence-corrected chi connectivity index (χ3v) is 19.8. The van der Waals surface area contributed by atoms with Crippen molar-refractivity contribution >= 4 is 68.4 Å². The Morgan fingerprint density at radius 3 is 1.49 bits per heavy atom. The summed E-state index contributed by atoms with van der Waals surface area (Å²) in [5, 5.41) is 1.22. The SMILES string of the molecule is CC(C)(C)c1ccc2oc3c(c2c1)N(c1ccc2c(c1)C(C)(C)CCC2(C)C)c1cc(C2CCCCC2)cc2c1B3c1cc3c(cc1N2c1ccc2c(c1)C(C)(C)CCC2(C)C)C(C)(C)CCC3(C)C. The van der Waals surface area contributed by atoms with Crippen molar-refractivity contribution in [1.82, 2.24) is 0 Å². The van der Waals surface area contributed by atoms with Gasteiger partial charge in [0.15, 0.2) is 0 Å². The smallest absolute Gasteiger partial charge is 0.297 e. The molecule has 0 saturated heterocycles. The van der Waals surface area contributed by atoms with Gasteiger partial charge in [-0.2, -0.15) is 0 Å².